The van der Waals surface area contributed by atoms with Crippen molar-refractivity contribution in [3.63, 3.8) is 0 Å². The van der Waals surface area contributed by atoms with Crippen molar-refractivity contribution in [2.45, 2.75) is 13.3 Å². The monoisotopic (exact) mass is 316 g/mol. The molecule has 6 heteroatoms. The van der Waals surface area contributed by atoms with Crippen LogP contribution in [-0.4, -0.2) is 12.6 Å². The Labute approximate surface area is 132 Å². The summed E-state index contributed by atoms with van der Waals surface area (Å²) in [6.07, 6.45) is -2.58. The van der Waals surface area contributed by atoms with E-state index in [1.54, 1.807) is 37.3 Å². The molecule has 0 saturated carbocycles. The van der Waals surface area contributed by atoms with Crippen LogP contribution in [0, 0.1) is 18.3 Å². The van der Waals surface area contributed by atoms with Crippen LogP contribution in [0.4, 0.5) is 20.2 Å². The maximum atomic E-state index is 13.0. The summed E-state index contributed by atoms with van der Waals surface area (Å²) in [6.45, 7) is 1.23. The standard InChI is InChI=1S/C17H14F2N2O2/c1-11-12(16(18)19)6-4-8-14(11)21-15-7-3-2-5-13(15)17(22)23-10-9-20/h2-8,16,21H,10H2,1H3. The maximum absolute atomic E-state index is 13.0. The van der Waals surface area contributed by atoms with Crippen molar-refractivity contribution >= 4 is 17.3 Å². The second-order valence-electron chi connectivity index (χ2n) is 4.73. The van der Waals surface area contributed by atoms with E-state index in [4.69, 9.17) is 10.00 Å². The molecule has 0 spiro atoms. The van der Waals surface area contributed by atoms with E-state index in [0.717, 1.165) is 0 Å². The van der Waals surface area contributed by atoms with Crippen molar-refractivity contribution < 1.29 is 18.3 Å². The van der Waals surface area contributed by atoms with Gasteiger partial charge in [-0.25, -0.2) is 13.6 Å². The number of ether oxygens (including phenoxy) is 1. The number of alkyl halides is 2. The van der Waals surface area contributed by atoms with Gasteiger partial charge in [0, 0.05) is 11.3 Å². The number of nitriles is 1. The number of para-hydroxylation sites is 1. The third kappa shape index (κ3) is 3.83. The van der Waals surface area contributed by atoms with Gasteiger partial charge in [0.05, 0.1) is 11.3 Å². The molecule has 2 aromatic rings. The number of esters is 1. The van der Waals surface area contributed by atoms with E-state index in [2.05, 4.69) is 5.32 Å². The average molecular weight is 316 g/mol. The van der Waals surface area contributed by atoms with Crippen LogP contribution in [0.5, 0.6) is 0 Å². The number of nitrogens with zero attached hydrogens (tertiary/aromatic N) is 1. The number of benzene rings is 2. The lowest BCUT2D eigenvalue weighted by Gasteiger charge is -2.15. The minimum atomic E-state index is -2.58. The first-order valence-electron chi connectivity index (χ1n) is 6.82. The molecular weight excluding hydrogens is 302 g/mol. The van der Waals surface area contributed by atoms with E-state index < -0.39 is 12.4 Å². The van der Waals surface area contributed by atoms with E-state index in [9.17, 15) is 13.6 Å². The Morgan fingerprint density at radius 3 is 2.61 bits per heavy atom. The van der Waals surface area contributed by atoms with Crippen molar-refractivity contribution in [2.75, 3.05) is 11.9 Å². The molecule has 0 aliphatic heterocycles. The molecule has 0 atom stereocenters. The summed E-state index contributed by atoms with van der Waals surface area (Å²) < 4.78 is 30.7. The largest absolute Gasteiger partial charge is 0.447 e. The number of nitrogens with one attached hydrogen (secondary N) is 1. The zero-order chi connectivity index (χ0) is 16.8. The van der Waals surface area contributed by atoms with Gasteiger partial charge in [-0.3, -0.25) is 0 Å². The molecule has 23 heavy (non-hydrogen) atoms. The lowest BCUT2D eigenvalue weighted by molar-refractivity contribution is 0.0556. The van der Waals surface area contributed by atoms with Crippen LogP contribution in [0.1, 0.15) is 27.9 Å². The van der Waals surface area contributed by atoms with Crippen molar-refractivity contribution in [3.05, 3.63) is 59.2 Å². The van der Waals surface area contributed by atoms with Gasteiger partial charge in [0.2, 0.25) is 0 Å². The normalized spacial score (nSPS) is 10.2. The number of carbonyl (C=O) groups is 1. The van der Waals surface area contributed by atoms with Gasteiger partial charge < -0.3 is 10.1 Å². The molecule has 2 aromatic carbocycles. The first-order chi connectivity index (χ1) is 11.0. The van der Waals surface area contributed by atoms with Crippen molar-refractivity contribution in [2.24, 2.45) is 0 Å². The summed E-state index contributed by atoms with van der Waals surface area (Å²) in [4.78, 5) is 11.9. The molecule has 0 fully saturated rings. The first kappa shape index (κ1) is 16.4. The van der Waals surface area contributed by atoms with Gasteiger partial charge in [-0.2, -0.15) is 5.26 Å². The van der Waals surface area contributed by atoms with Gasteiger partial charge in [-0.15, -0.1) is 0 Å². The Hall–Kier alpha value is -2.94. The van der Waals surface area contributed by atoms with Crippen LogP contribution in [0.3, 0.4) is 0 Å². The van der Waals surface area contributed by atoms with Crippen LogP contribution in [0.2, 0.25) is 0 Å². The predicted molar refractivity (Wildman–Crippen MR) is 81.8 cm³/mol. The zero-order valence-corrected chi connectivity index (χ0v) is 12.3. The third-order valence-electron chi connectivity index (χ3n) is 3.29. The lowest BCUT2D eigenvalue weighted by Crippen LogP contribution is -2.09. The minimum Gasteiger partial charge on any atom is -0.447 e. The van der Waals surface area contributed by atoms with Gasteiger partial charge in [0.25, 0.3) is 6.43 Å². The van der Waals surface area contributed by atoms with Gasteiger partial charge in [-0.1, -0.05) is 24.3 Å². The highest BCUT2D eigenvalue weighted by atomic mass is 19.3. The van der Waals surface area contributed by atoms with E-state index >= 15 is 0 Å². The molecule has 0 radical (unpaired) electrons. The predicted octanol–water partition coefficient (Wildman–Crippen LogP) is 4.36. The summed E-state index contributed by atoms with van der Waals surface area (Å²) in [6, 6.07) is 12.8. The Bertz CT molecular complexity index is 754. The highest BCUT2D eigenvalue weighted by Gasteiger charge is 2.16. The van der Waals surface area contributed by atoms with Gasteiger partial charge in [0.15, 0.2) is 6.61 Å². The Morgan fingerprint density at radius 1 is 1.22 bits per heavy atom. The van der Waals surface area contributed by atoms with Crippen molar-refractivity contribution in [1.82, 2.24) is 0 Å². The number of hydrogen-bond donors (Lipinski definition) is 1. The fourth-order valence-electron chi connectivity index (χ4n) is 2.12. The lowest BCUT2D eigenvalue weighted by atomic mass is 10.1. The molecule has 0 aliphatic rings. The number of rotatable bonds is 5. The molecule has 1 N–H and O–H groups in total. The van der Waals surface area contributed by atoms with E-state index in [0.29, 0.717) is 16.9 Å². The van der Waals surface area contributed by atoms with Gasteiger partial charge >= 0.3 is 5.97 Å². The average Bonchev–Trinajstić information content (AvgIpc) is 2.54. The quantitative estimate of drug-likeness (QED) is 0.833. The van der Waals surface area contributed by atoms with Crippen molar-refractivity contribution in [1.29, 1.82) is 5.26 Å². The van der Waals surface area contributed by atoms with E-state index in [-0.39, 0.29) is 17.7 Å². The van der Waals surface area contributed by atoms with Crippen LogP contribution in [0.25, 0.3) is 0 Å². The summed E-state index contributed by atoms with van der Waals surface area (Å²) in [5, 5.41) is 11.4. The molecule has 2 rings (SSSR count). The van der Waals surface area contributed by atoms with Crippen LogP contribution in [-0.2, 0) is 4.74 Å². The smallest absolute Gasteiger partial charge is 0.341 e. The molecule has 118 valence electrons. The Kier molecular flexibility index (Phi) is 5.26. The molecule has 0 amide bonds. The zero-order valence-electron chi connectivity index (χ0n) is 12.3. The highest BCUT2D eigenvalue weighted by molar-refractivity contribution is 5.96. The van der Waals surface area contributed by atoms with Gasteiger partial charge in [-0.05, 0) is 30.7 Å². The summed E-state index contributed by atoms with van der Waals surface area (Å²) in [7, 11) is 0. The molecule has 0 bridgehead atoms. The number of halogens is 2. The topological polar surface area (TPSA) is 62.1 Å². The molecular formula is C17H14F2N2O2. The van der Waals surface area contributed by atoms with E-state index in [1.165, 1.54) is 18.2 Å². The molecule has 4 nitrogen and oxygen atoms in total. The van der Waals surface area contributed by atoms with Crippen LogP contribution >= 0.6 is 0 Å². The van der Waals surface area contributed by atoms with E-state index in [1.807, 2.05) is 0 Å². The number of carbonyl (C=O) groups excluding carboxylic acids is 1. The Morgan fingerprint density at radius 2 is 1.91 bits per heavy atom. The van der Waals surface area contributed by atoms with Crippen LogP contribution < -0.4 is 5.32 Å². The second-order valence-corrected chi connectivity index (χ2v) is 4.73. The minimum absolute atomic E-state index is 0.0699. The highest BCUT2D eigenvalue weighted by Crippen LogP contribution is 2.30. The summed E-state index contributed by atoms with van der Waals surface area (Å²) in [5.41, 5.74) is 1.46. The fourth-order valence-corrected chi connectivity index (χ4v) is 2.12. The maximum Gasteiger partial charge on any atom is 0.341 e. The number of anilines is 2. The summed E-state index contributed by atoms with van der Waals surface area (Å²) in [5.74, 6) is -0.655. The SMILES string of the molecule is Cc1c(Nc2ccccc2C(=O)OCC#N)cccc1C(F)F. The van der Waals surface area contributed by atoms with Gasteiger partial charge in [0.1, 0.15) is 6.07 Å². The molecule has 0 heterocycles. The number of hydrogen-bond acceptors (Lipinski definition) is 4. The molecule has 0 aliphatic carbocycles. The second kappa shape index (κ2) is 7.36. The fraction of sp³-hybridized carbons (Fsp3) is 0.176. The molecule has 0 aromatic heterocycles. The third-order valence-corrected chi connectivity index (χ3v) is 3.29. The summed E-state index contributed by atoms with van der Waals surface area (Å²) >= 11 is 0. The Balaban J connectivity index is 2.33. The molecule has 0 unspecified atom stereocenters. The first-order valence-corrected chi connectivity index (χ1v) is 6.82. The molecule has 0 saturated heterocycles. The van der Waals surface area contributed by atoms with Crippen molar-refractivity contribution in [3.8, 4) is 6.07 Å². The van der Waals surface area contributed by atoms with Crippen LogP contribution in [0.15, 0.2) is 42.5 Å².